The number of ether oxygens (including phenoxy) is 1. The van der Waals surface area contributed by atoms with Gasteiger partial charge in [0.2, 0.25) is 0 Å². The summed E-state index contributed by atoms with van der Waals surface area (Å²) in [4.78, 5) is 0. The van der Waals surface area contributed by atoms with Crippen LogP contribution in [0.2, 0.25) is 0 Å². The molecule has 0 spiro atoms. The van der Waals surface area contributed by atoms with Crippen LogP contribution in [0, 0.1) is 0 Å². The van der Waals surface area contributed by atoms with Gasteiger partial charge in [-0.3, -0.25) is 0 Å². The Morgan fingerprint density at radius 1 is 1.05 bits per heavy atom. The molecule has 0 saturated carbocycles. The molecule has 0 atom stereocenters. The van der Waals surface area contributed by atoms with Crippen molar-refractivity contribution in [1.82, 2.24) is 5.32 Å². The average molecular weight is 281 g/mol. The van der Waals surface area contributed by atoms with Gasteiger partial charge in [0.25, 0.3) is 0 Å². The Morgan fingerprint density at radius 3 is 2.71 bits per heavy atom. The van der Waals surface area contributed by atoms with Crippen LogP contribution < -0.4 is 10.1 Å². The van der Waals surface area contributed by atoms with E-state index in [1.807, 2.05) is 30.5 Å². The van der Waals surface area contributed by atoms with Crippen LogP contribution in [0.3, 0.4) is 0 Å². The second-order valence-corrected chi connectivity index (χ2v) is 5.01. The minimum absolute atomic E-state index is 0.874. The van der Waals surface area contributed by atoms with Gasteiger partial charge in [0.05, 0.1) is 18.8 Å². The highest BCUT2D eigenvalue weighted by molar-refractivity contribution is 5.87. The smallest absolute Gasteiger partial charge is 0.137 e. The van der Waals surface area contributed by atoms with Crippen LogP contribution in [0.4, 0.5) is 0 Å². The molecule has 3 rings (SSSR count). The standard InChI is InChI=1S/C18H19NO2/c1-20-16-8-5-9-17-18(16)15(13-21-17)10-11-19-12-14-6-3-2-4-7-14/h2-9,13,19H,10-12H2,1H3. The van der Waals surface area contributed by atoms with Crippen molar-refractivity contribution in [3.05, 3.63) is 65.9 Å². The Morgan fingerprint density at radius 2 is 1.90 bits per heavy atom. The van der Waals surface area contributed by atoms with Crippen LogP contribution in [0.1, 0.15) is 11.1 Å². The van der Waals surface area contributed by atoms with Gasteiger partial charge >= 0.3 is 0 Å². The lowest BCUT2D eigenvalue weighted by Crippen LogP contribution is -2.16. The average Bonchev–Trinajstić information content (AvgIpc) is 2.96. The third-order valence-electron chi connectivity index (χ3n) is 3.60. The molecule has 0 unspecified atom stereocenters. The molecule has 0 aliphatic heterocycles. The molecule has 0 fully saturated rings. The fourth-order valence-corrected chi connectivity index (χ4v) is 2.52. The van der Waals surface area contributed by atoms with Crippen molar-refractivity contribution in [3.8, 4) is 5.75 Å². The Labute approximate surface area is 124 Å². The zero-order valence-electron chi connectivity index (χ0n) is 12.1. The Hall–Kier alpha value is -2.26. The summed E-state index contributed by atoms with van der Waals surface area (Å²) in [6.07, 6.45) is 2.75. The fourth-order valence-electron chi connectivity index (χ4n) is 2.52. The number of rotatable bonds is 6. The van der Waals surface area contributed by atoms with E-state index in [0.717, 1.165) is 36.2 Å². The minimum atomic E-state index is 0.874. The zero-order valence-corrected chi connectivity index (χ0v) is 12.1. The number of hydrogen-bond donors (Lipinski definition) is 1. The van der Waals surface area contributed by atoms with Gasteiger partial charge in [-0.25, -0.2) is 0 Å². The molecule has 0 radical (unpaired) electrons. The van der Waals surface area contributed by atoms with Gasteiger partial charge in [-0.05, 0) is 30.7 Å². The maximum absolute atomic E-state index is 5.60. The summed E-state index contributed by atoms with van der Waals surface area (Å²) in [5.41, 5.74) is 3.36. The third kappa shape index (κ3) is 3.09. The van der Waals surface area contributed by atoms with E-state index in [2.05, 4.69) is 29.6 Å². The number of nitrogens with one attached hydrogen (secondary N) is 1. The van der Waals surface area contributed by atoms with Crippen molar-refractivity contribution in [1.29, 1.82) is 0 Å². The second kappa shape index (κ2) is 6.46. The molecule has 0 bridgehead atoms. The largest absolute Gasteiger partial charge is 0.496 e. The van der Waals surface area contributed by atoms with Crippen LogP contribution in [0.5, 0.6) is 5.75 Å². The number of hydrogen-bond acceptors (Lipinski definition) is 3. The Bertz CT molecular complexity index is 704. The first-order valence-corrected chi connectivity index (χ1v) is 7.16. The van der Waals surface area contributed by atoms with E-state index in [1.165, 1.54) is 11.1 Å². The molecule has 21 heavy (non-hydrogen) atoms. The van der Waals surface area contributed by atoms with E-state index >= 15 is 0 Å². The van der Waals surface area contributed by atoms with E-state index in [1.54, 1.807) is 7.11 Å². The molecule has 1 N–H and O–H groups in total. The van der Waals surface area contributed by atoms with E-state index in [-0.39, 0.29) is 0 Å². The van der Waals surface area contributed by atoms with Gasteiger partial charge in [-0.2, -0.15) is 0 Å². The van der Waals surface area contributed by atoms with Crippen molar-refractivity contribution in [2.75, 3.05) is 13.7 Å². The maximum atomic E-state index is 5.60. The van der Waals surface area contributed by atoms with Gasteiger partial charge in [0, 0.05) is 12.1 Å². The summed E-state index contributed by atoms with van der Waals surface area (Å²) in [5, 5.41) is 4.54. The van der Waals surface area contributed by atoms with Gasteiger partial charge in [0.15, 0.2) is 0 Å². The lowest BCUT2D eigenvalue weighted by Gasteiger charge is -2.06. The van der Waals surface area contributed by atoms with Crippen LogP contribution in [0.15, 0.2) is 59.2 Å². The molecule has 2 aromatic carbocycles. The molecular weight excluding hydrogens is 262 g/mol. The lowest BCUT2D eigenvalue weighted by molar-refractivity contribution is 0.419. The summed E-state index contributed by atoms with van der Waals surface area (Å²) in [7, 11) is 1.69. The molecule has 1 aromatic heterocycles. The molecule has 3 heteroatoms. The molecular formula is C18H19NO2. The highest BCUT2D eigenvalue weighted by atomic mass is 16.5. The number of benzene rings is 2. The van der Waals surface area contributed by atoms with E-state index in [4.69, 9.17) is 9.15 Å². The summed E-state index contributed by atoms with van der Waals surface area (Å²) >= 11 is 0. The highest BCUT2D eigenvalue weighted by Crippen LogP contribution is 2.30. The van der Waals surface area contributed by atoms with Crippen LogP contribution in [0.25, 0.3) is 11.0 Å². The number of furan rings is 1. The molecule has 0 aliphatic carbocycles. The fraction of sp³-hybridized carbons (Fsp3) is 0.222. The van der Waals surface area contributed by atoms with Gasteiger partial charge in [-0.15, -0.1) is 0 Å². The first-order chi connectivity index (χ1) is 10.4. The highest BCUT2D eigenvalue weighted by Gasteiger charge is 2.10. The zero-order chi connectivity index (χ0) is 14.5. The van der Waals surface area contributed by atoms with Crippen molar-refractivity contribution in [3.63, 3.8) is 0 Å². The first-order valence-electron chi connectivity index (χ1n) is 7.16. The quantitative estimate of drug-likeness (QED) is 0.698. The Balaban J connectivity index is 1.63. The van der Waals surface area contributed by atoms with E-state index in [9.17, 15) is 0 Å². The van der Waals surface area contributed by atoms with Crippen molar-refractivity contribution >= 4 is 11.0 Å². The normalized spacial score (nSPS) is 10.9. The maximum Gasteiger partial charge on any atom is 0.137 e. The predicted molar refractivity (Wildman–Crippen MR) is 84.6 cm³/mol. The third-order valence-corrected chi connectivity index (χ3v) is 3.60. The summed E-state index contributed by atoms with van der Waals surface area (Å²) in [6.45, 7) is 1.79. The van der Waals surface area contributed by atoms with Crippen molar-refractivity contribution < 1.29 is 9.15 Å². The molecule has 3 aromatic rings. The van der Waals surface area contributed by atoms with E-state index in [0.29, 0.717) is 0 Å². The molecule has 0 amide bonds. The van der Waals surface area contributed by atoms with Crippen LogP contribution in [-0.4, -0.2) is 13.7 Å². The summed E-state index contributed by atoms with van der Waals surface area (Å²) < 4.78 is 11.0. The molecule has 1 heterocycles. The molecule has 3 nitrogen and oxygen atoms in total. The number of methoxy groups -OCH3 is 1. The first kappa shape index (κ1) is 13.7. The van der Waals surface area contributed by atoms with Crippen molar-refractivity contribution in [2.24, 2.45) is 0 Å². The topological polar surface area (TPSA) is 34.4 Å². The molecule has 108 valence electrons. The lowest BCUT2D eigenvalue weighted by atomic mass is 10.1. The van der Waals surface area contributed by atoms with Crippen LogP contribution in [-0.2, 0) is 13.0 Å². The van der Waals surface area contributed by atoms with Gasteiger partial charge < -0.3 is 14.5 Å². The SMILES string of the molecule is COc1cccc2occ(CCNCc3ccccc3)c12. The monoisotopic (exact) mass is 281 g/mol. The summed E-state index contributed by atoms with van der Waals surface area (Å²) in [6, 6.07) is 16.3. The predicted octanol–water partition coefficient (Wildman–Crippen LogP) is 3.77. The Kier molecular flexibility index (Phi) is 4.22. The second-order valence-electron chi connectivity index (χ2n) is 5.01. The van der Waals surface area contributed by atoms with Crippen LogP contribution >= 0.6 is 0 Å². The number of fused-ring (bicyclic) bond motifs is 1. The van der Waals surface area contributed by atoms with Crippen molar-refractivity contribution in [2.45, 2.75) is 13.0 Å². The molecule has 0 aliphatic rings. The summed E-state index contributed by atoms with van der Waals surface area (Å²) in [5.74, 6) is 0.874. The van der Waals surface area contributed by atoms with E-state index < -0.39 is 0 Å². The molecule has 0 saturated heterocycles. The van der Waals surface area contributed by atoms with Gasteiger partial charge in [-0.1, -0.05) is 36.4 Å². The van der Waals surface area contributed by atoms with Gasteiger partial charge in [0.1, 0.15) is 11.3 Å². The minimum Gasteiger partial charge on any atom is -0.496 e.